The van der Waals surface area contributed by atoms with Gasteiger partial charge in [-0.1, -0.05) is 76.8 Å². The van der Waals surface area contributed by atoms with Crippen molar-refractivity contribution < 1.29 is 46.1 Å². The Morgan fingerprint density at radius 3 is 2.20 bits per heavy atom. The van der Waals surface area contributed by atoms with Gasteiger partial charge in [0.15, 0.2) is 20.5 Å². The van der Waals surface area contributed by atoms with Crippen LogP contribution in [0.2, 0.25) is 18.1 Å². The minimum Gasteiger partial charge on any atom is -0.456 e. The van der Waals surface area contributed by atoms with Crippen molar-refractivity contribution in [2.24, 2.45) is 5.73 Å². The summed E-state index contributed by atoms with van der Waals surface area (Å²) in [6.07, 6.45) is -0.440. The normalized spacial score (nSPS) is 26.0. The maximum absolute atomic E-state index is 12.6. The van der Waals surface area contributed by atoms with Crippen LogP contribution in [0.4, 0.5) is 0 Å². The first-order chi connectivity index (χ1) is 18.4. The Balaban J connectivity index is 1.93. The summed E-state index contributed by atoms with van der Waals surface area (Å²) < 4.78 is 54.2. The summed E-state index contributed by atoms with van der Waals surface area (Å²) in [5.41, 5.74) is 7.04. The summed E-state index contributed by atoms with van der Waals surface area (Å²) in [6.45, 7) is 9.57. The molecule has 1 heterocycles. The molecule has 0 saturated carbocycles. The molecule has 0 amide bonds. The van der Waals surface area contributed by atoms with Crippen molar-refractivity contribution in [1.82, 2.24) is 0 Å². The number of aliphatic hydroxyl groups excluding tert-OH is 1. The maximum atomic E-state index is 12.6. The molecular formula is C27H47NO10SSi. The molecule has 13 heteroatoms. The van der Waals surface area contributed by atoms with Crippen LogP contribution >= 0.6 is 0 Å². The first kappa shape index (κ1) is 34.8. The Kier molecular flexibility index (Phi) is 12.7. The second-order valence-corrected chi connectivity index (χ2v) is 17.8. The van der Waals surface area contributed by atoms with Crippen LogP contribution in [-0.4, -0.2) is 74.4 Å². The zero-order chi connectivity index (χ0) is 30.2. The van der Waals surface area contributed by atoms with Gasteiger partial charge in [-0.05, 0) is 43.0 Å². The van der Waals surface area contributed by atoms with Crippen LogP contribution in [0, 0.1) is 0 Å². The molecule has 230 valence electrons. The highest BCUT2D eigenvalue weighted by atomic mass is 32.3. The zero-order valence-corrected chi connectivity index (χ0v) is 26.1. The van der Waals surface area contributed by atoms with Gasteiger partial charge in [0.25, 0.3) is 5.91 Å². The Morgan fingerprint density at radius 1 is 1.05 bits per heavy atom. The average Bonchev–Trinajstić information content (AvgIpc) is 2.83. The summed E-state index contributed by atoms with van der Waals surface area (Å²) in [5, 5.41) is 20.9. The number of benzene rings is 1. The highest BCUT2D eigenvalue weighted by Crippen LogP contribution is 2.38. The van der Waals surface area contributed by atoms with Crippen LogP contribution in [0.1, 0.15) is 71.3 Å². The van der Waals surface area contributed by atoms with E-state index in [2.05, 4.69) is 12.1 Å². The minimum absolute atomic E-state index is 0.000816. The van der Waals surface area contributed by atoms with Crippen molar-refractivity contribution in [2.45, 2.75) is 121 Å². The van der Waals surface area contributed by atoms with E-state index in [1.54, 1.807) is 0 Å². The van der Waals surface area contributed by atoms with Crippen molar-refractivity contribution in [3.05, 3.63) is 35.9 Å². The molecular weight excluding hydrogens is 558 g/mol. The Labute approximate surface area is 239 Å². The lowest BCUT2D eigenvalue weighted by atomic mass is 9.96. The van der Waals surface area contributed by atoms with Crippen molar-refractivity contribution in [3.8, 4) is 0 Å². The molecule has 1 unspecified atom stereocenters. The number of aliphatic hydroxyl groups is 2. The molecule has 1 aromatic rings. The number of carbonyl (C=O) groups is 1. The molecule has 40 heavy (non-hydrogen) atoms. The van der Waals surface area contributed by atoms with E-state index < -0.39 is 55.0 Å². The molecule has 1 aliphatic heterocycles. The van der Waals surface area contributed by atoms with E-state index in [1.165, 1.54) is 5.56 Å². The highest BCUT2D eigenvalue weighted by molar-refractivity contribution is 7.80. The van der Waals surface area contributed by atoms with Gasteiger partial charge < -0.3 is 24.1 Å². The molecule has 11 nitrogen and oxygen atoms in total. The summed E-state index contributed by atoms with van der Waals surface area (Å²) in [6, 6.07) is 10.3. The molecule has 5 atom stereocenters. The van der Waals surface area contributed by atoms with Gasteiger partial charge in [0.1, 0.15) is 12.2 Å². The maximum Gasteiger partial charge on any atom is 0.397 e. The molecule has 0 aromatic heterocycles. The summed E-state index contributed by atoms with van der Waals surface area (Å²) in [7, 11) is -7.45. The third-order valence-corrected chi connectivity index (χ3v) is 12.6. The number of aryl methyl sites for hydroxylation is 1. The van der Waals surface area contributed by atoms with Crippen LogP contribution in [0.25, 0.3) is 0 Å². The Hall–Kier alpha value is -1.42. The number of carbonyl (C=O) groups excluding carboxylic acids is 1. The number of nitrogens with two attached hydrogens (primary N) is 1. The van der Waals surface area contributed by atoms with Gasteiger partial charge in [-0.25, -0.2) is 4.18 Å². The molecule has 0 spiro atoms. The third-order valence-electron chi connectivity index (χ3n) is 7.62. The van der Waals surface area contributed by atoms with Crippen LogP contribution in [-0.2, 0) is 39.7 Å². The first-order valence-corrected chi connectivity index (χ1v) is 18.1. The van der Waals surface area contributed by atoms with Gasteiger partial charge in [-0.3, -0.25) is 15.1 Å². The van der Waals surface area contributed by atoms with Crippen LogP contribution in [0.5, 0.6) is 0 Å². The second-order valence-electron chi connectivity index (χ2n) is 12.0. The minimum atomic E-state index is -5.07. The fraction of sp³-hybridized carbons (Fsp3) is 0.741. The molecule has 1 saturated heterocycles. The Bertz CT molecular complexity index is 1030. The van der Waals surface area contributed by atoms with Crippen molar-refractivity contribution in [3.63, 3.8) is 0 Å². The van der Waals surface area contributed by atoms with Gasteiger partial charge in [0.2, 0.25) is 0 Å². The standard InChI is InChI=1S/C27H47NO10SSi/c1-26(2,3)40(4,5)35-19-21-23(38-39(32,33)34)24(25(30)27(28,31)37-21)36-22(29)18-14-9-7-6-8-11-15-20-16-12-10-13-17-20/h10,12-13,16-17,21,23-25,30-31H,6-9,11,14-15,18-19,28H2,1-5H3,(H,32,33,34)/t21-,23-,24+,25-,27?/m1/s1. The van der Waals surface area contributed by atoms with E-state index in [-0.39, 0.29) is 18.1 Å². The SMILES string of the molecule is CC(C)(C)[Si](C)(C)OC[C@H]1OC(N)(O)[C@H](O)[C@@H](OC(=O)CCCCCCCCc2ccccc2)[C@@H]1OS(=O)(=O)O. The predicted molar refractivity (Wildman–Crippen MR) is 152 cm³/mol. The van der Waals surface area contributed by atoms with Crippen molar-refractivity contribution in [2.75, 3.05) is 6.61 Å². The van der Waals surface area contributed by atoms with E-state index in [4.69, 9.17) is 23.8 Å². The zero-order valence-electron chi connectivity index (χ0n) is 24.2. The van der Waals surface area contributed by atoms with E-state index >= 15 is 0 Å². The molecule has 2 rings (SSSR count). The van der Waals surface area contributed by atoms with Gasteiger partial charge in [0.05, 0.1) is 6.61 Å². The molecule has 5 N–H and O–H groups in total. The molecule has 0 aliphatic carbocycles. The fourth-order valence-electron chi connectivity index (χ4n) is 4.19. The van der Waals surface area contributed by atoms with E-state index in [1.807, 2.05) is 52.1 Å². The number of hydrogen-bond acceptors (Lipinski definition) is 10. The number of hydrogen-bond donors (Lipinski definition) is 4. The summed E-state index contributed by atoms with van der Waals surface area (Å²) >= 11 is 0. The largest absolute Gasteiger partial charge is 0.456 e. The number of esters is 1. The quantitative estimate of drug-likeness (QED) is 0.0757. The number of ether oxygens (including phenoxy) is 2. The van der Waals surface area contributed by atoms with Gasteiger partial charge in [-0.2, -0.15) is 8.42 Å². The molecule has 0 radical (unpaired) electrons. The molecule has 1 fully saturated rings. The fourth-order valence-corrected chi connectivity index (χ4v) is 5.72. The third kappa shape index (κ3) is 11.1. The van der Waals surface area contributed by atoms with E-state index in [9.17, 15) is 28.0 Å². The van der Waals surface area contributed by atoms with Gasteiger partial charge >= 0.3 is 16.4 Å². The van der Waals surface area contributed by atoms with Gasteiger partial charge in [-0.15, -0.1) is 0 Å². The molecule has 1 aliphatic rings. The highest BCUT2D eigenvalue weighted by Gasteiger charge is 2.56. The lowest BCUT2D eigenvalue weighted by Crippen LogP contribution is -2.70. The van der Waals surface area contributed by atoms with Crippen LogP contribution < -0.4 is 5.73 Å². The van der Waals surface area contributed by atoms with Gasteiger partial charge in [0, 0.05) is 6.42 Å². The average molecular weight is 606 g/mol. The monoisotopic (exact) mass is 605 g/mol. The number of rotatable bonds is 15. The van der Waals surface area contributed by atoms with Crippen molar-refractivity contribution >= 4 is 24.7 Å². The first-order valence-electron chi connectivity index (χ1n) is 13.8. The summed E-state index contributed by atoms with van der Waals surface area (Å²) in [4.78, 5) is 12.6. The van der Waals surface area contributed by atoms with Crippen molar-refractivity contribution in [1.29, 1.82) is 0 Å². The van der Waals surface area contributed by atoms with Crippen LogP contribution in [0.3, 0.4) is 0 Å². The Morgan fingerprint density at radius 2 is 1.62 bits per heavy atom. The summed E-state index contributed by atoms with van der Waals surface area (Å²) in [5.74, 6) is -3.43. The number of unbranched alkanes of at least 4 members (excludes halogenated alkanes) is 5. The topological polar surface area (TPSA) is 175 Å². The smallest absolute Gasteiger partial charge is 0.397 e. The van der Waals surface area contributed by atoms with E-state index in [0.29, 0.717) is 6.42 Å². The molecule has 1 aromatic carbocycles. The molecule has 0 bridgehead atoms. The lowest BCUT2D eigenvalue weighted by Gasteiger charge is -2.46. The lowest BCUT2D eigenvalue weighted by molar-refractivity contribution is -0.344. The van der Waals surface area contributed by atoms with E-state index in [0.717, 1.165) is 38.5 Å². The second kappa shape index (κ2) is 14.7. The van der Waals surface area contributed by atoms with Crippen LogP contribution in [0.15, 0.2) is 30.3 Å². The predicted octanol–water partition coefficient (Wildman–Crippen LogP) is 3.45.